The zero-order valence-corrected chi connectivity index (χ0v) is 20.3. The third-order valence-corrected chi connectivity index (χ3v) is 6.04. The van der Waals surface area contributed by atoms with Crippen LogP contribution in [0, 0.1) is 0 Å². The van der Waals surface area contributed by atoms with Gasteiger partial charge in [-0.05, 0) is 30.3 Å². The van der Waals surface area contributed by atoms with Crippen molar-refractivity contribution in [2.45, 2.75) is 13.1 Å². The fourth-order valence-corrected chi connectivity index (χ4v) is 4.16. The number of amides is 1. The van der Waals surface area contributed by atoms with E-state index >= 15 is 0 Å². The molecule has 5 aromatic rings. The second-order valence-corrected chi connectivity index (χ2v) is 8.38. The van der Waals surface area contributed by atoms with E-state index in [1.54, 1.807) is 43.3 Å². The molecule has 0 N–H and O–H groups in total. The fraction of sp³-hybridized carbons (Fsp3) is 0.179. The number of nitrogens with zero attached hydrogens (tertiary/aromatic N) is 4. The van der Waals surface area contributed by atoms with Crippen LogP contribution in [-0.2, 0) is 13.1 Å². The summed E-state index contributed by atoms with van der Waals surface area (Å²) in [5, 5.41) is 5.21. The van der Waals surface area contributed by atoms with Crippen molar-refractivity contribution < 1.29 is 18.7 Å². The summed E-state index contributed by atoms with van der Waals surface area (Å²) in [7, 11) is 4.98. The number of furan rings is 1. The van der Waals surface area contributed by atoms with Gasteiger partial charge in [0.15, 0.2) is 5.65 Å². The van der Waals surface area contributed by atoms with Gasteiger partial charge in [-0.3, -0.25) is 4.79 Å². The molecule has 5 rings (SSSR count). The number of aromatic nitrogens is 3. The van der Waals surface area contributed by atoms with E-state index in [0.29, 0.717) is 46.9 Å². The van der Waals surface area contributed by atoms with E-state index in [9.17, 15) is 4.79 Å². The summed E-state index contributed by atoms with van der Waals surface area (Å²) in [6.07, 6.45) is 3.32. The minimum atomic E-state index is -0.144. The van der Waals surface area contributed by atoms with E-state index in [-0.39, 0.29) is 5.91 Å². The summed E-state index contributed by atoms with van der Waals surface area (Å²) < 4.78 is 18.1. The molecule has 0 aliphatic carbocycles. The fourth-order valence-electron chi connectivity index (χ4n) is 4.16. The van der Waals surface area contributed by atoms with Crippen molar-refractivity contribution in [3.63, 3.8) is 0 Å². The van der Waals surface area contributed by atoms with Crippen molar-refractivity contribution in [3.8, 4) is 22.8 Å². The van der Waals surface area contributed by atoms with Gasteiger partial charge >= 0.3 is 0 Å². The highest BCUT2D eigenvalue weighted by molar-refractivity contribution is 6.06. The molecule has 0 saturated carbocycles. The molecule has 182 valence electrons. The highest BCUT2D eigenvalue weighted by Crippen LogP contribution is 2.29. The Labute approximate surface area is 208 Å². The standard InChI is InChI=1S/C28H26N4O4/c1-31(17-20-11-12-21(34-2)14-26(20)35-3)28(33)23-15-25(19-8-5-4-6-9-19)30-27-24(23)16-29-32(27)18-22-10-7-13-36-22/h4-16H,17-18H2,1-3H3. The predicted molar refractivity (Wildman–Crippen MR) is 136 cm³/mol. The van der Waals surface area contributed by atoms with Gasteiger partial charge in [0.05, 0.1) is 43.3 Å². The van der Waals surface area contributed by atoms with Crippen molar-refractivity contribution >= 4 is 16.9 Å². The Bertz CT molecular complexity index is 1490. The number of pyridine rings is 1. The molecule has 0 aliphatic rings. The van der Waals surface area contributed by atoms with Crippen LogP contribution in [0.3, 0.4) is 0 Å². The normalized spacial score (nSPS) is 11.0. The van der Waals surface area contributed by atoms with Crippen molar-refractivity contribution in [1.29, 1.82) is 0 Å². The first-order chi connectivity index (χ1) is 17.6. The van der Waals surface area contributed by atoms with Gasteiger partial charge in [0.25, 0.3) is 5.91 Å². The van der Waals surface area contributed by atoms with Gasteiger partial charge in [-0.1, -0.05) is 30.3 Å². The SMILES string of the molecule is COc1ccc(CN(C)C(=O)c2cc(-c3ccccc3)nc3c2cnn3Cc2ccco2)c(OC)c1. The highest BCUT2D eigenvalue weighted by Gasteiger charge is 2.21. The van der Waals surface area contributed by atoms with Crippen LogP contribution in [0.25, 0.3) is 22.3 Å². The van der Waals surface area contributed by atoms with E-state index in [0.717, 1.165) is 16.9 Å². The van der Waals surface area contributed by atoms with Crippen LogP contribution in [0.2, 0.25) is 0 Å². The second kappa shape index (κ2) is 9.95. The van der Waals surface area contributed by atoms with Crippen molar-refractivity contribution in [1.82, 2.24) is 19.7 Å². The molecule has 1 amide bonds. The molecule has 3 aromatic heterocycles. The monoisotopic (exact) mass is 482 g/mol. The van der Waals surface area contributed by atoms with Crippen LogP contribution < -0.4 is 9.47 Å². The Kier molecular flexibility index (Phi) is 6.40. The average Bonchev–Trinajstić information content (AvgIpc) is 3.59. The largest absolute Gasteiger partial charge is 0.497 e. The van der Waals surface area contributed by atoms with Gasteiger partial charge in [-0.25, -0.2) is 9.67 Å². The Morgan fingerprint density at radius 3 is 2.58 bits per heavy atom. The first-order valence-electron chi connectivity index (χ1n) is 11.5. The molecule has 0 fully saturated rings. The third kappa shape index (κ3) is 4.53. The Morgan fingerprint density at radius 1 is 1.03 bits per heavy atom. The number of hydrogen-bond acceptors (Lipinski definition) is 6. The number of rotatable bonds is 8. The van der Waals surface area contributed by atoms with Gasteiger partial charge in [0, 0.05) is 30.8 Å². The Hall–Kier alpha value is -4.59. The summed E-state index contributed by atoms with van der Waals surface area (Å²) >= 11 is 0. The lowest BCUT2D eigenvalue weighted by Gasteiger charge is -2.20. The number of carbonyl (C=O) groups excluding carboxylic acids is 1. The molecule has 0 radical (unpaired) electrons. The van der Waals surface area contributed by atoms with E-state index in [1.165, 1.54) is 0 Å². The molecule has 2 aromatic carbocycles. The molecule has 8 heteroatoms. The molecule has 3 heterocycles. The minimum absolute atomic E-state index is 0.144. The van der Waals surface area contributed by atoms with Crippen molar-refractivity contribution in [2.24, 2.45) is 0 Å². The molecule has 0 unspecified atom stereocenters. The van der Waals surface area contributed by atoms with Crippen LogP contribution in [0.4, 0.5) is 0 Å². The van der Waals surface area contributed by atoms with E-state index in [1.807, 2.05) is 66.7 Å². The van der Waals surface area contributed by atoms with Gasteiger partial charge in [0.2, 0.25) is 0 Å². The number of carbonyl (C=O) groups is 1. The van der Waals surface area contributed by atoms with Crippen LogP contribution >= 0.6 is 0 Å². The molecular weight excluding hydrogens is 456 g/mol. The van der Waals surface area contributed by atoms with E-state index in [4.69, 9.17) is 18.9 Å². The van der Waals surface area contributed by atoms with Crippen LogP contribution in [-0.4, -0.2) is 46.8 Å². The van der Waals surface area contributed by atoms with Gasteiger partial charge < -0.3 is 18.8 Å². The quantitative estimate of drug-likeness (QED) is 0.309. The predicted octanol–water partition coefficient (Wildman–Crippen LogP) is 5.03. The van der Waals surface area contributed by atoms with Crippen LogP contribution in [0.1, 0.15) is 21.7 Å². The van der Waals surface area contributed by atoms with Gasteiger partial charge in [0.1, 0.15) is 23.8 Å². The summed E-state index contributed by atoms with van der Waals surface area (Å²) in [6, 6.07) is 20.9. The first-order valence-corrected chi connectivity index (χ1v) is 11.5. The van der Waals surface area contributed by atoms with Crippen LogP contribution in [0.5, 0.6) is 11.5 Å². The molecule has 0 spiro atoms. The lowest BCUT2D eigenvalue weighted by Crippen LogP contribution is -2.26. The first kappa shape index (κ1) is 23.2. The second-order valence-electron chi connectivity index (χ2n) is 8.38. The lowest BCUT2D eigenvalue weighted by atomic mass is 10.1. The van der Waals surface area contributed by atoms with E-state index < -0.39 is 0 Å². The molecule has 8 nitrogen and oxygen atoms in total. The van der Waals surface area contributed by atoms with E-state index in [2.05, 4.69) is 5.10 Å². The molecule has 0 atom stereocenters. The van der Waals surface area contributed by atoms with Gasteiger partial charge in [-0.15, -0.1) is 0 Å². The average molecular weight is 483 g/mol. The highest BCUT2D eigenvalue weighted by atomic mass is 16.5. The summed E-state index contributed by atoms with van der Waals surface area (Å²) in [5.41, 5.74) is 3.63. The zero-order valence-electron chi connectivity index (χ0n) is 20.3. The summed E-state index contributed by atoms with van der Waals surface area (Å²) in [6.45, 7) is 0.769. The maximum Gasteiger partial charge on any atom is 0.254 e. The minimum Gasteiger partial charge on any atom is -0.497 e. The Balaban J connectivity index is 1.55. The molecule has 36 heavy (non-hydrogen) atoms. The number of fused-ring (bicyclic) bond motifs is 1. The summed E-state index contributed by atoms with van der Waals surface area (Å²) in [4.78, 5) is 20.3. The number of benzene rings is 2. The Morgan fingerprint density at radius 2 is 1.86 bits per heavy atom. The van der Waals surface area contributed by atoms with Crippen molar-refractivity contribution in [2.75, 3.05) is 21.3 Å². The number of ether oxygens (including phenoxy) is 2. The number of methoxy groups -OCH3 is 2. The smallest absolute Gasteiger partial charge is 0.254 e. The topological polar surface area (TPSA) is 82.6 Å². The maximum atomic E-state index is 13.8. The maximum absolute atomic E-state index is 13.8. The molecular formula is C28H26N4O4. The lowest BCUT2D eigenvalue weighted by molar-refractivity contribution is 0.0786. The zero-order chi connectivity index (χ0) is 25.1. The van der Waals surface area contributed by atoms with Gasteiger partial charge in [-0.2, -0.15) is 5.10 Å². The summed E-state index contributed by atoms with van der Waals surface area (Å²) in [5.74, 6) is 1.96. The van der Waals surface area contributed by atoms with Crippen LogP contribution in [0.15, 0.2) is 83.6 Å². The molecule has 0 bridgehead atoms. The molecule has 0 aliphatic heterocycles. The number of hydrogen-bond donors (Lipinski definition) is 0. The molecule has 0 saturated heterocycles. The van der Waals surface area contributed by atoms with Crippen molar-refractivity contribution in [3.05, 3.63) is 96.1 Å². The third-order valence-electron chi connectivity index (χ3n) is 6.04.